The summed E-state index contributed by atoms with van der Waals surface area (Å²) in [6.07, 6.45) is 0. The van der Waals surface area contributed by atoms with Crippen LogP contribution in [0.5, 0.6) is 23.0 Å². The predicted molar refractivity (Wildman–Crippen MR) is 199 cm³/mol. The van der Waals surface area contributed by atoms with Crippen molar-refractivity contribution in [3.8, 4) is 67.5 Å². The molecular weight excluding hydrogens is 617 g/mol. The van der Waals surface area contributed by atoms with Crippen molar-refractivity contribution in [2.24, 2.45) is 0 Å². The summed E-state index contributed by atoms with van der Waals surface area (Å²) in [6, 6.07) is 49.3. The quantitative estimate of drug-likeness (QED) is 0.188. The fraction of sp³-hybridized carbons (Fsp3) is 0.0870. The molecule has 0 atom stereocenters. The van der Waals surface area contributed by atoms with Crippen LogP contribution in [0.15, 0.2) is 146 Å². The van der Waals surface area contributed by atoms with Crippen molar-refractivity contribution < 1.29 is 19.7 Å². The molecule has 0 radical (unpaired) electrons. The SMILES string of the molecule is COc1cc2c(cc1-c1cc(-c3ccccc3)ccc1O)C1c3ccccc3C2c2cc(OC)c(-c3cc(-c4ccccc4)ccc3O)cc21. The van der Waals surface area contributed by atoms with E-state index in [2.05, 4.69) is 72.8 Å². The van der Waals surface area contributed by atoms with E-state index >= 15 is 0 Å². The molecule has 0 fully saturated rings. The molecule has 0 unspecified atom stereocenters. The molecular formula is C46H34O4. The number of aromatic hydroxyl groups is 2. The zero-order valence-corrected chi connectivity index (χ0v) is 27.7. The van der Waals surface area contributed by atoms with Gasteiger partial charge in [-0.05, 0) is 104 Å². The zero-order valence-electron chi connectivity index (χ0n) is 27.7. The van der Waals surface area contributed by atoms with Crippen molar-refractivity contribution in [2.45, 2.75) is 11.8 Å². The number of benzene rings is 7. The van der Waals surface area contributed by atoms with E-state index in [-0.39, 0.29) is 23.3 Å². The first-order chi connectivity index (χ1) is 24.5. The van der Waals surface area contributed by atoms with Crippen LogP contribution < -0.4 is 9.47 Å². The molecule has 50 heavy (non-hydrogen) atoms. The van der Waals surface area contributed by atoms with Gasteiger partial charge in [-0.15, -0.1) is 0 Å². The smallest absolute Gasteiger partial charge is 0.127 e. The third-order valence-electron chi connectivity index (χ3n) is 10.5. The molecule has 4 heteroatoms. The van der Waals surface area contributed by atoms with Crippen LogP contribution in [0, 0.1) is 0 Å². The minimum absolute atomic E-state index is 0.0411. The zero-order chi connectivity index (χ0) is 33.9. The first-order valence-corrected chi connectivity index (χ1v) is 16.8. The maximum atomic E-state index is 11.3. The molecule has 242 valence electrons. The fourth-order valence-electron chi connectivity index (χ4n) is 8.15. The molecule has 4 nitrogen and oxygen atoms in total. The van der Waals surface area contributed by atoms with Crippen LogP contribution >= 0.6 is 0 Å². The minimum atomic E-state index is -0.0746. The van der Waals surface area contributed by atoms with Gasteiger partial charge in [0, 0.05) is 34.1 Å². The molecule has 0 spiro atoms. The largest absolute Gasteiger partial charge is 0.507 e. The Morgan fingerprint density at radius 2 is 0.740 bits per heavy atom. The van der Waals surface area contributed by atoms with Crippen molar-refractivity contribution in [1.82, 2.24) is 0 Å². The summed E-state index contributed by atoms with van der Waals surface area (Å²) in [5.74, 6) is 1.70. The average molecular weight is 651 g/mol. The molecule has 0 aromatic heterocycles. The first-order valence-electron chi connectivity index (χ1n) is 16.8. The summed E-state index contributed by atoms with van der Waals surface area (Å²) in [5, 5.41) is 22.5. The van der Waals surface area contributed by atoms with Crippen LogP contribution in [0.2, 0.25) is 0 Å². The van der Waals surface area contributed by atoms with Gasteiger partial charge in [0.1, 0.15) is 23.0 Å². The second kappa shape index (κ2) is 11.7. The molecule has 3 aliphatic carbocycles. The molecule has 2 N–H and O–H groups in total. The lowest BCUT2D eigenvalue weighted by Crippen LogP contribution is -2.28. The van der Waals surface area contributed by atoms with Crippen molar-refractivity contribution in [2.75, 3.05) is 14.2 Å². The first kappa shape index (κ1) is 29.8. The van der Waals surface area contributed by atoms with E-state index in [1.807, 2.05) is 60.7 Å². The topological polar surface area (TPSA) is 58.9 Å². The van der Waals surface area contributed by atoms with E-state index in [0.717, 1.165) is 44.5 Å². The monoisotopic (exact) mass is 650 g/mol. The summed E-state index contributed by atoms with van der Waals surface area (Å²) in [4.78, 5) is 0. The number of hydrogen-bond acceptors (Lipinski definition) is 4. The summed E-state index contributed by atoms with van der Waals surface area (Å²) < 4.78 is 12.1. The van der Waals surface area contributed by atoms with Gasteiger partial charge in [0.15, 0.2) is 0 Å². The molecule has 7 aromatic rings. The predicted octanol–water partition coefficient (Wildman–Crippen LogP) is 10.8. The standard InChI is InChI=1S/C46H34O4/c1-49-43-25-39-37(23-35(43)33-21-29(17-19-41(33)47)27-11-5-3-6-12-27)45-31-15-9-10-16-32(31)46(39)40-26-44(50-2)36(24-38(40)45)34-22-30(18-20-42(34)48)28-13-7-4-8-14-28/h3-26,45-48H,1-2H3. The maximum absolute atomic E-state index is 11.3. The Bertz CT molecular complexity index is 2280. The van der Waals surface area contributed by atoms with Gasteiger partial charge in [-0.25, -0.2) is 0 Å². The van der Waals surface area contributed by atoms with Gasteiger partial charge in [-0.1, -0.05) is 97.1 Å². The van der Waals surface area contributed by atoms with Crippen LogP contribution in [0.4, 0.5) is 0 Å². The van der Waals surface area contributed by atoms with E-state index in [1.165, 1.54) is 33.4 Å². The van der Waals surface area contributed by atoms with Crippen LogP contribution in [-0.2, 0) is 0 Å². The Labute approximate surface area is 291 Å². The van der Waals surface area contributed by atoms with Crippen molar-refractivity contribution in [1.29, 1.82) is 0 Å². The molecule has 2 bridgehead atoms. The van der Waals surface area contributed by atoms with Gasteiger partial charge in [0.2, 0.25) is 0 Å². The normalized spacial score (nSPS) is 15.2. The van der Waals surface area contributed by atoms with Gasteiger partial charge >= 0.3 is 0 Å². The molecule has 0 aliphatic heterocycles. The number of hydrogen-bond donors (Lipinski definition) is 2. The molecule has 0 saturated carbocycles. The lowest BCUT2D eigenvalue weighted by molar-refractivity contribution is 0.413. The Hall–Kier alpha value is -6.26. The second-order valence-electron chi connectivity index (χ2n) is 13.1. The van der Waals surface area contributed by atoms with E-state index in [0.29, 0.717) is 11.5 Å². The summed E-state index contributed by atoms with van der Waals surface area (Å²) in [5.41, 5.74) is 14.6. The van der Waals surface area contributed by atoms with Gasteiger partial charge in [-0.2, -0.15) is 0 Å². The highest BCUT2D eigenvalue weighted by atomic mass is 16.5. The molecule has 0 amide bonds. The van der Waals surface area contributed by atoms with E-state index in [9.17, 15) is 10.2 Å². The summed E-state index contributed by atoms with van der Waals surface area (Å²) in [6.45, 7) is 0. The summed E-state index contributed by atoms with van der Waals surface area (Å²) in [7, 11) is 3.38. The number of phenols is 2. The highest BCUT2D eigenvalue weighted by molar-refractivity contribution is 5.86. The minimum Gasteiger partial charge on any atom is -0.507 e. The lowest BCUT2D eigenvalue weighted by Gasteiger charge is -2.43. The molecule has 0 heterocycles. The Morgan fingerprint density at radius 1 is 0.360 bits per heavy atom. The number of phenolic OH excluding ortho intramolecular Hbond substituents is 2. The Balaban J connectivity index is 1.25. The number of rotatable bonds is 6. The molecule has 10 rings (SSSR count). The van der Waals surface area contributed by atoms with Gasteiger partial charge in [-0.3, -0.25) is 0 Å². The van der Waals surface area contributed by atoms with Gasteiger partial charge in [0.05, 0.1) is 14.2 Å². The molecule has 7 aromatic carbocycles. The molecule has 3 aliphatic rings. The van der Waals surface area contributed by atoms with Crippen molar-refractivity contribution in [3.63, 3.8) is 0 Å². The number of ether oxygens (including phenoxy) is 2. The Kier molecular flexibility index (Phi) is 6.99. The average Bonchev–Trinajstić information content (AvgIpc) is 3.17. The van der Waals surface area contributed by atoms with Crippen LogP contribution in [0.25, 0.3) is 44.5 Å². The maximum Gasteiger partial charge on any atom is 0.127 e. The second-order valence-corrected chi connectivity index (χ2v) is 13.1. The Morgan fingerprint density at radius 3 is 1.14 bits per heavy atom. The van der Waals surface area contributed by atoms with Crippen molar-refractivity contribution >= 4 is 0 Å². The van der Waals surface area contributed by atoms with E-state index in [4.69, 9.17) is 9.47 Å². The third-order valence-corrected chi connectivity index (χ3v) is 10.5. The van der Waals surface area contributed by atoms with E-state index < -0.39 is 0 Å². The van der Waals surface area contributed by atoms with Crippen LogP contribution in [-0.4, -0.2) is 24.4 Å². The fourth-order valence-corrected chi connectivity index (χ4v) is 8.15. The van der Waals surface area contributed by atoms with Crippen molar-refractivity contribution in [3.05, 3.63) is 179 Å². The molecule has 0 saturated heterocycles. The lowest BCUT2D eigenvalue weighted by atomic mass is 9.60. The van der Waals surface area contributed by atoms with Gasteiger partial charge in [0.25, 0.3) is 0 Å². The van der Waals surface area contributed by atoms with Gasteiger partial charge < -0.3 is 19.7 Å². The van der Waals surface area contributed by atoms with Crippen LogP contribution in [0.3, 0.4) is 0 Å². The summed E-state index contributed by atoms with van der Waals surface area (Å²) >= 11 is 0. The number of methoxy groups -OCH3 is 2. The van der Waals surface area contributed by atoms with E-state index in [1.54, 1.807) is 26.4 Å². The van der Waals surface area contributed by atoms with Crippen LogP contribution in [0.1, 0.15) is 45.2 Å². The third kappa shape index (κ3) is 4.60. The highest BCUT2D eigenvalue weighted by Gasteiger charge is 2.43. The highest BCUT2D eigenvalue weighted by Crippen LogP contribution is 2.59.